The van der Waals surface area contributed by atoms with Crippen molar-refractivity contribution in [2.45, 2.75) is 59.9 Å². The van der Waals surface area contributed by atoms with Gasteiger partial charge in [0.05, 0.1) is 6.61 Å². The van der Waals surface area contributed by atoms with Crippen molar-refractivity contribution in [3.63, 3.8) is 0 Å². The van der Waals surface area contributed by atoms with Crippen molar-refractivity contribution in [3.05, 3.63) is 22.5 Å². The SMILES string of the molecule is CCOC(=O)c1c(C)c(CCC(=O)N[C@@H](C)CC)c(C)n1C. The highest BCUT2D eigenvalue weighted by atomic mass is 16.5. The lowest BCUT2D eigenvalue weighted by molar-refractivity contribution is -0.121. The van der Waals surface area contributed by atoms with E-state index in [1.54, 1.807) is 6.92 Å². The molecule has 1 aromatic rings. The molecule has 124 valence electrons. The molecule has 1 rings (SSSR count). The van der Waals surface area contributed by atoms with Crippen molar-refractivity contribution < 1.29 is 14.3 Å². The van der Waals surface area contributed by atoms with Crippen LogP contribution in [0.3, 0.4) is 0 Å². The number of hydrogen-bond acceptors (Lipinski definition) is 3. The molecule has 0 saturated heterocycles. The molecule has 22 heavy (non-hydrogen) atoms. The Morgan fingerprint density at radius 3 is 2.45 bits per heavy atom. The molecule has 0 bridgehead atoms. The largest absolute Gasteiger partial charge is 0.461 e. The van der Waals surface area contributed by atoms with Gasteiger partial charge in [-0.1, -0.05) is 6.92 Å². The van der Waals surface area contributed by atoms with Gasteiger partial charge in [-0.15, -0.1) is 0 Å². The van der Waals surface area contributed by atoms with Crippen molar-refractivity contribution in [1.82, 2.24) is 9.88 Å². The molecule has 0 radical (unpaired) electrons. The van der Waals surface area contributed by atoms with Gasteiger partial charge in [-0.2, -0.15) is 0 Å². The molecule has 0 aromatic carbocycles. The Bertz CT molecular complexity index is 547. The summed E-state index contributed by atoms with van der Waals surface area (Å²) in [6.45, 7) is 10.1. The molecule has 0 aliphatic heterocycles. The van der Waals surface area contributed by atoms with Gasteiger partial charge in [-0.05, 0) is 51.7 Å². The lowest BCUT2D eigenvalue weighted by Gasteiger charge is -2.11. The van der Waals surface area contributed by atoms with Crippen LogP contribution >= 0.6 is 0 Å². The Hall–Kier alpha value is -1.78. The lowest BCUT2D eigenvalue weighted by Crippen LogP contribution is -2.32. The van der Waals surface area contributed by atoms with E-state index in [1.807, 2.05) is 39.3 Å². The van der Waals surface area contributed by atoms with Gasteiger partial charge in [0.25, 0.3) is 0 Å². The van der Waals surface area contributed by atoms with E-state index >= 15 is 0 Å². The molecule has 0 unspecified atom stereocenters. The smallest absolute Gasteiger partial charge is 0.355 e. The van der Waals surface area contributed by atoms with E-state index in [0.717, 1.165) is 23.2 Å². The molecular formula is C17H28N2O3. The van der Waals surface area contributed by atoms with Gasteiger partial charge in [0.1, 0.15) is 5.69 Å². The van der Waals surface area contributed by atoms with Crippen molar-refractivity contribution in [3.8, 4) is 0 Å². The highest BCUT2D eigenvalue weighted by Gasteiger charge is 2.22. The third kappa shape index (κ3) is 4.12. The first-order chi connectivity index (χ1) is 10.3. The van der Waals surface area contributed by atoms with E-state index in [9.17, 15) is 9.59 Å². The normalized spacial score (nSPS) is 12.1. The van der Waals surface area contributed by atoms with Crippen LogP contribution in [0, 0.1) is 13.8 Å². The van der Waals surface area contributed by atoms with Crippen LogP contribution in [-0.2, 0) is 23.0 Å². The third-order valence-electron chi connectivity index (χ3n) is 4.17. The first kappa shape index (κ1) is 18.3. The summed E-state index contributed by atoms with van der Waals surface area (Å²) in [5.74, 6) is -0.254. The molecule has 1 atom stereocenters. The maximum Gasteiger partial charge on any atom is 0.355 e. The van der Waals surface area contributed by atoms with Gasteiger partial charge in [0, 0.05) is 25.2 Å². The monoisotopic (exact) mass is 308 g/mol. The predicted octanol–water partition coefficient (Wildman–Crippen LogP) is 2.67. The molecule has 0 spiro atoms. The average Bonchev–Trinajstić information content (AvgIpc) is 2.67. The second kappa shape index (κ2) is 8.01. The van der Waals surface area contributed by atoms with Gasteiger partial charge in [0.2, 0.25) is 5.91 Å². The van der Waals surface area contributed by atoms with Crippen LogP contribution in [0.25, 0.3) is 0 Å². The van der Waals surface area contributed by atoms with E-state index < -0.39 is 0 Å². The first-order valence-corrected chi connectivity index (χ1v) is 7.94. The molecule has 5 nitrogen and oxygen atoms in total. The summed E-state index contributed by atoms with van der Waals surface area (Å²) in [6, 6.07) is 0.195. The zero-order valence-electron chi connectivity index (χ0n) is 14.6. The first-order valence-electron chi connectivity index (χ1n) is 7.94. The number of rotatable bonds is 7. The zero-order valence-corrected chi connectivity index (χ0v) is 14.6. The van der Waals surface area contributed by atoms with Crippen LogP contribution in [0.1, 0.15) is 60.9 Å². The van der Waals surface area contributed by atoms with Crippen LogP contribution in [0.4, 0.5) is 0 Å². The second-order valence-electron chi connectivity index (χ2n) is 5.69. The minimum absolute atomic E-state index is 0.0506. The highest BCUT2D eigenvalue weighted by molar-refractivity contribution is 5.90. The Kier molecular flexibility index (Phi) is 6.65. The quantitative estimate of drug-likeness (QED) is 0.788. The van der Waals surface area contributed by atoms with Crippen molar-refractivity contribution >= 4 is 11.9 Å². The number of ether oxygens (including phenoxy) is 1. The molecule has 0 fully saturated rings. The molecule has 0 aliphatic carbocycles. The summed E-state index contributed by atoms with van der Waals surface area (Å²) in [4.78, 5) is 24.0. The Balaban J connectivity index is 2.86. The Labute approximate surface area is 133 Å². The standard InChI is InChI=1S/C17H28N2O3/c1-7-11(3)18-15(20)10-9-14-12(4)16(17(21)22-8-2)19(6)13(14)5/h11H,7-10H2,1-6H3,(H,18,20)/t11-/m0/s1. The number of aromatic nitrogens is 1. The minimum Gasteiger partial charge on any atom is -0.461 e. The minimum atomic E-state index is -0.305. The number of carbonyl (C=O) groups is 2. The lowest BCUT2D eigenvalue weighted by atomic mass is 10.0. The summed E-state index contributed by atoms with van der Waals surface area (Å²) < 4.78 is 6.97. The van der Waals surface area contributed by atoms with Crippen LogP contribution in [-0.4, -0.2) is 29.1 Å². The number of esters is 1. The maximum atomic E-state index is 12.1. The summed E-state index contributed by atoms with van der Waals surface area (Å²) in [5.41, 5.74) is 3.56. The molecule has 0 saturated carbocycles. The molecule has 1 aromatic heterocycles. The molecule has 0 aliphatic rings. The summed E-state index contributed by atoms with van der Waals surface area (Å²) in [5, 5.41) is 2.97. The molecular weight excluding hydrogens is 280 g/mol. The number of nitrogens with one attached hydrogen (secondary N) is 1. The Morgan fingerprint density at radius 2 is 1.91 bits per heavy atom. The summed E-state index contributed by atoms with van der Waals surface area (Å²) >= 11 is 0. The third-order valence-corrected chi connectivity index (χ3v) is 4.17. The summed E-state index contributed by atoms with van der Waals surface area (Å²) in [7, 11) is 1.86. The number of carbonyl (C=O) groups excluding carboxylic acids is 2. The predicted molar refractivity (Wildman–Crippen MR) is 87.1 cm³/mol. The second-order valence-corrected chi connectivity index (χ2v) is 5.69. The zero-order chi connectivity index (χ0) is 16.9. The van der Waals surface area contributed by atoms with E-state index in [4.69, 9.17) is 4.74 Å². The fourth-order valence-corrected chi connectivity index (χ4v) is 2.58. The Morgan fingerprint density at radius 1 is 1.27 bits per heavy atom. The average molecular weight is 308 g/mol. The summed E-state index contributed by atoms with van der Waals surface area (Å²) in [6.07, 6.45) is 1.98. The molecule has 1 N–H and O–H groups in total. The van der Waals surface area contributed by atoms with Crippen molar-refractivity contribution in [1.29, 1.82) is 0 Å². The highest BCUT2D eigenvalue weighted by Crippen LogP contribution is 2.23. The van der Waals surface area contributed by atoms with Crippen molar-refractivity contribution in [2.75, 3.05) is 6.61 Å². The van der Waals surface area contributed by atoms with Gasteiger partial charge in [-0.25, -0.2) is 4.79 Å². The van der Waals surface area contributed by atoms with Crippen LogP contribution < -0.4 is 5.32 Å². The van der Waals surface area contributed by atoms with Crippen LogP contribution in [0.5, 0.6) is 0 Å². The van der Waals surface area contributed by atoms with Gasteiger partial charge < -0.3 is 14.6 Å². The van der Waals surface area contributed by atoms with Gasteiger partial charge >= 0.3 is 5.97 Å². The molecule has 5 heteroatoms. The number of amides is 1. The maximum absolute atomic E-state index is 12.1. The van der Waals surface area contributed by atoms with E-state index in [-0.39, 0.29) is 17.9 Å². The van der Waals surface area contributed by atoms with E-state index in [2.05, 4.69) is 5.32 Å². The number of nitrogens with zero attached hydrogens (tertiary/aromatic N) is 1. The fraction of sp³-hybridized carbons (Fsp3) is 0.647. The van der Waals surface area contributed by atoms with Gasteiger partial charge in [-0.3, -0.25) is 4.79 Å². The van der Waals surface area contributed by atoms with E-state index in [0.29, 0.717) is 25.1 Å². The molecule has 1 heterocycles. The fourth-order valence-electron chi connectivity index (χ4n) is 2.58. The topological polar surface area (TPSA) is 60.3 Å². The molecule has 1 amide bonds. The van der Waals surface area contributed by atoms with E-state index in [1.165, 1.54) is 0 Å². The number of hydrogen-bond donors (Lipinski definition) is 1. The van der Waals surface area contributed by atoms with Crippen LogP contribution in [0.15, 0.2) is 0 Å². The van der Waals surface area contributed by atoms with Crippen molar-refractivity contribution in [2.24, 2.45) is 7.05 Å². The van der Waals surface area contributed by atoms with Gasteiger partial charge in [0.15, 0.2) is 0 Å². The van der Waals surface area contributed by atoms with Crippen LogP contribution in [0.2, 0.25) is 0 Å².